The molecule has 1 aromatic heterocycles. The van der Waals surface area contributed by atoms with Crippen LogP contribution >= 0.6 is 11.3 Å². The fraction of sp³-hybridized carbons (Fsp3) is 0.688. The molecule has 1 aromatic rings. The molecule has 0 bridgehead atoms. The fourth-order valence-electron chi connectivity index (χ4n) is 3.27. The smallest absolute Gasteiger partial charge is 0.228 e. The predicted molar refractivity (Wildman–Crippen MR) is 86.8 cm³/mol. The van der Waals surface area contributed by atoms with Gasteiger partial charge in [0.2, 0.25) is 11.8 Å². The summed E-state index contributed by atoms with van der Waals surface area (Å²) in [5, 5.41) is 0. The zero-order valence-electron chi connectivity index (χ0n) is 13.6. The zero-order valence-corrected chi connectivity index (χ0v) is 14.4. The van der Waals surface area contributed by atoms with Crippen molar-refractivity contribution in [2.24, 2.45) is 5.92 Å². The first-order valence-electron chi connectivity index (χ1n) is 8.06. The first kappa shape index (κ1) is 16.4. The van der Waals surface area contributed by atoms with Crippen molar-refractivity contribution >= 4 is 23.2 Å². The maximum absolute atomic E-state index is 12.9. The van der Waals surface area contributed by atoms with E-state index in [1.807, 2.05) is 16.0 Å². The van der Waals surface area contributed by atoms with E-state index < -0.39 is 0 Å². The van der Waals surface area contributed by atoms with Gasteiger partial charge in [0.15, 0.2) is 0 Å². The van der Waals surface area contributed by atoms with Crippen LogP contribution < -0.4 is 0 Å². The highest BCUT2D eigenvalue weighted by atomic mass is 32.1. The third kappa shape index (κ3) is 3.72. The average molecular weight is 337 g/mol. The summed E-state index contributed by atoms with van der Waals surface area (Å²) in [6, 6.07) is 0.193. The summed E-state index contributed by atoms with van der Waals surface area (Å²) in [6.07, 6.45) is 4.41. The molecule has 2 fully saturated rings. The molecule has 1 aliphatic heterocycles. The quantitative estimate of drug-likeness (QED) is 0.817. The van der Waals surface area contributed by atoms with Crippen molar-refractivity contribution in [1.82, 2.24) is 14.8 Å². The number of nitrogens with zero attached hydrogens (tertiary/aromatic N) is 3. The number of aromatic nitrogens is 1. The van der Waals surface area contributed by atoms with Crippen molar-refractivity contribution in [3.63, 3.8) is 0 Å². The number of carbonyl (C=O) groups is 2. The summed E-state index contributed by atoms with van der Waals surface area (Å²) in [4.78, 5) is 33.4. The second kappa shape index (κ2) is 6.97. The molecule has 0 radical (unpaired) electrons. The lowest BCUT2D eigenvalue weighted by Crippen LogP contribution is -2.48. The molecule has 0 aromatic carbocycles. The number of carbonyl (C=O) groups excluding carboxylic acids is 2. The molecule has 6 nitrogen and oxygen atoms in total. The number of thiazole rings is 1. The van der Waals surface area contributed by atoms with E-state index in [1.54, 1.807) is 30.9 Å². The number of piperidine rings is 1. The van der Waals surface area contributed by atoms with Crippen molar-refractivity contribution in [3.8, 4) is 0 Å². The van der Waals surface area contributed by atoms with Gasteiger partial charge >= 0.3 is 0 Å². The molecule has 1 saturated carbocycles. The maximum atomic E-state index is 12.9. The summed E-state index contributed by atoms with van der Waals surface area (Å²) in [5.74, 6) is 0.302. The van der Waals surface area contributed by atoms with Gasteiger partial charge in [0.25, 0.3) is 0 Å². The number of ether oxygens (including phenoxy) is 1. The van der Waals surface area contributed by atoms with Crippen LogP contribution in [0.5, 0.6) is 0 Å². The lowest BCUT2D eigenvalue weighted by Gasteiger charge is -2.38. The Morgan fingerprint density at radius 1 is 1.43 bits per heavy atom. The van der Waals surface area contributed by atoms with Gasteiger partial charge in [-0.15, -0.1) is 11.3 Å². The molecule has 2 heterocycles. The Kier molecular flexibility index (Phi) is 4.96. The van der Waals surface area contributed by atoms with Crippen molar-refractivity contribution in [2.45, 2.75) is 44.9 Å². The van der Waals surface area contributed by atoms with Crippen molar-refractivity contribution in [2.75, 3.05) is 20.2 Å². The molecule has 126 valence electrons. The van der Waals surface area contributed by atoms with Gasteiger partial charge in [0.05, 0.1) is 24.1 Å². The van der Waals surface area contributed by atoms with E-state index in [9.17, 15) is 9.59 Å². The summed E-state index contributed by atoms with van der Waals surface area (Å²) < 4.78 is 5.31. The highest BCUT2D eigenvalue weighted by Crippen LogP contribution is 2.36. The molecule has 0 spiro atoms. The minimum absolute atomic E-state index is 0.00115. The molecule has 2 atom stereocenters. The first-order chi connectivity index (χ1) is 11.1. The third-order valence-electron chi connectivity index (χ3n) is 4.80. The molecule has 0 N–H and O–H groups in total. The molecule has 1 aliphatic carbocycles. The van der Waals surface area contributed by atoms with E-state index in [-0.39, 0.29) is 29.9 Å². The van der Waals surface area contributed by atoms with Crippen LogP contribution in [0.3, 0.4) is 0 Å². The van der Waals surface area contributed by atoms with Gasteiger partial charge in [0, 0.05) is 44.2 Å². The molecule has 1 saturated heterocycles. The van der Waals surface area contributed by atoms with Crippen LogP contribution in [-0.4, -0.2) is 58.9 Å². The SMILES string of the molecule is CO[C@@H]1C[C@H]1C(=O)N(Cc1cncs1)C1CCN(C(C)=O)CC1. The summed E-state index contributed by atoms with van der Waals surface area (Å²) >= 11 is 1.58. The van der Waals surface area contributed by atoms with Crippen LogP contribution in [0.2, 0.25) is 0 Å². The van der Waals surface area contributed by atoms with E-state index in [2.05, 4.69) is 4.98 Å². The number of amides is 2. The maximum Gasteiger partial charge on any atom is 0.228 e. The van der Waals surface area contributed by atoms with Crippen molar-refractivity contribution < 1.29 is 14.3 Å². The Morgan fingerprint density at radius 3 is 2.70 bits per heavy atom. The van der Waals surface area contributed by atoms with E-state index in [0.717, 1.165) is 37.2 Å². The highest BCUT2D eigenvalue weighted by molar-refractivity contribution is 7.09. The number of likely N-dealkylation sites (tertiary alicyclic amines) is 1. The monoisotopic (exact) mass is 337 g/mol. The molecule has 23 heavy (non-hydrogen) atoms. The Morgan fingerprint density at radius 2 is 2.17 bits per heavy atom. The predicted octanol–water partition coefficient (Wildman–Crippen LogP) is 1.52. The molecule has 3 rings (SSSR count). The van der Waals surface area contributed by atoms with Crippen molar-refractivity contribution in [3.05, 3.63) is 16.6 Å². The Hall–Kier alpha value is -1.47. The number of methoxy groups -OCH3 is 1. The zero-order chi connectivity index (χ0) is 16.4. The van der Waals surface area contributed by atoms with Gasteiger partial charge < -0.3 is 14.5 Å². The normalized spacial score (nSPS) is 24.5. The van der Waals surface area contributed by atoms with Crippen LogP contribution in [-0.2, 0) is 20.9 Å². The van der Waals surface area contributed by atoms with E-state index in [0.29, 0.717) is 6.54 Å². The van der Waals surface area contributed by atoms with Crippen LogP contribution in [0.15, 0.2) is 11.7 Å². The average Bonchev–Trinajstić information content (AvgIpc) is 3.18. The number of rotatable bonds is 5. The van der Waals surface area contributed by atoms with Crippen LogP contribution in [0, 0.1) is 5.92 Å². The highest BCUT2D eigenvalue weighted by Gasteiger charge is 2.47. The van der Waals surface area contributed by atoms with Gasteiger partial charge in [0.1, 0.15) is 0 Å². The summed E-state index contributed by atoms with van der Waals surface area (Å²) in [5.41, 5.74) is 1.80. The minimum Gasteiger partial charge on any atom is -0.381 e. The minimum atomic E-state index is -0.00115. The molecule has 7 heteroatoms. The van der Waals surface area contributed by atoms with Crippen LogP contribution in [0.1, 0.15) is 31.1 Å². The first-order valence-corrected chi connectivity index (χ1v) is 8.94. The van der Waals surface area contributed by atoms with E-state index in [1.165, 1.54) is 0 Å². The largest absolute Gasteiger partial charge is 0.381 e. The van der Waals surface area contributed by atoms with Gasteiger partial charge in [-0.3, -0.25) is 14.6 Å². The second-order valence-corrected chi connectivity index (χ2v) is 7.26. The lowest BCUT2D eigenvalue weighted by molar-refractivity contribution is -0.138. The second-order valence-electron chi connectivity index (χ2n) is 6.29. The number of hydrogen-bond donors (Lipinski definition) is 0. The molecule has 2 amide bonds. The van der Waals surface area contributed by atoms with Crippen LogP contribution in [0.25, 0.3) is 0 Å². The lowest BCUT2D eigenvalue weighted by atomic mass is 10.0. The topological polar surface area (TPSA) is 62.7 Å². The Bertz CT molecular complexity index is 555. The standard InChI is InChI=1S/C16H23N3O3S/c1-11(20)18-5-3-12(4-6-18)19(9-13-8-17-10-23-13)16(21)14-7-15(14)22-2/h8,10,12,14-15H,3-7,9H2,1-2H3/t14-,15-/m1/s1. The van der Waals surface area contributed by atoms with Gasteiger partial charge in [-0.2, -0.15) is 0 Å². The fourth-order valence-corrected chi connectivity index (χ4v) is 3.86. The molecular weight excluding hydrogens is 314 g/mol. The Labute approximate surface area is 140 Å². The third-order valence-corrected chi connectivity index (χ3v) is 5.56. The molecule has 2 aliphatic rings. The van der Waals surface area contributed by atoms with Gasteiger partial charge in [-0.05, 0) is 19.3 Å². The van der Waals surface area contributed by atoms with E-state index >= 15 is 0 Å². The molecule has 0 unspecified atom stereocenters. The molecular formula is C16H23N3O3S. The van der Waals surface area contributed by atoms with Crippen LogP contribution in [0.4, 0.5) is 0 Å². The van der Waals surface area contributed by atoms with Gasteiger partial charge in [-0.25, -0.2) is 0 Å². The summed E-state index contributed by atoms with van der Waals surface area (Å²) in [7, 11) is 1.66. The van der Waals surface area contributed by atoms with Crippen molar-refractivity contribution in [1.29, 1.82) is 0 Å². The van der Waals surface area contributed by atoms with Gasteiger partial charge in [-0.1, -0.05) is 0 Å². The number of hydrogen-bond acceptors (Lipinski definition) is 5. The summed E-state index contributed by atoms with van der Waals surface area (Å²) in [6.45, 7) is 3.67. The Balaban J connectivity index is 1.68. The van der Waals surface area contributed by atoms with E-state index in [4.69, 9.17) is 4.74 Å².